The lowest BCUT2D eigenvalue weighted by atomic mass is 9.72. The van der Waals surface area contributed by atoms with Crippen molar-refractivity contribution in [1.82, 2.24) is 0 Å². The van der Waals surface area contributed by atoms with Gasteiger partial charge in [-0.05, 0) is 25.2 Å². The monoisotopic (exact) mass is 197 g/mol. The molecule has 0 amide bonds. The third kappa shape index (κ3) is 1.42. The number of carbonyl (C=O) groups excluding carboxylic acids is 1. The summed E-state index contributed by atoms with van der Waals surface area (Å²) in [7, 11) is 0. The van der Waals surface area contributed by atoms with Gasteiger partial charge in [-0.3, -0.25) is 14.9 Å². The van der Waals surface area contributed by atoms with E-state index in [4.69, 9.17) is 0 Å². The average molecular weight is 197 g/mol. The van der Waals surface area contributed by atoms with Crippen molar-refractivity contribution in [3.05, 3.63) is 10.1 Å². The standard InChI is InChI=1S/C10H15NO3/c1-6-9(5-11(13)14)7-2-3-8(4-7)10(6)12/h6-9H,2-5H2,1H3/t6-,7?,8?,9-/m0/s1. The van der Waals surface area contributed by atoms with Crippen molar-refractivity contribution < 1.29 is 9.72 Å². The molecule has 78 valence electrons. The molecule has 0 aliphatic heterocycles. The van der Waals surface area contributed by atoms with Crippen LogP contribution in [0.1, 0.15) is 26.2 Å². The Hall–Kier alpha value is -0.930. The van der Waals surface area contributed by atoms with Gasteiger partial charge in [-0.2, -0.15) is 0 Å². The van der Waals surface area contributed by atoms with Gasteiger partial charge in [-0.25, -0.2) is 0 Å². The number of rotatable bonds is 2. The van der Waals surface area contributed by atoms with Gasteiger partial charge in [0.15, 0.2) is 0 Å². The molecule has 4 atom stereocenters. The molecule has 0 aromatic carbocycles. The SMILES string of the molecule is C[C@@H]1C(=O)C2CCC(C2)[C@H]1C[N+](=O)[O-]. The second kappa shape index (κ2) is 3.33. The van der Waals surface area contributed by atoms with Crippen LogP contribution in [0, 0.1) is 33.8 Å². The number of carbonyl (C=O) groups is 1. The van der Waals surface area contributed by atoms with Gasteiger partial charge in [0.1, 0.15) is 5.78 Å². The van der Waals surface area contributed by atoms with Gasteiger partial charge >= 0.3 is 0 Å². The minimum absolute atomic E-state index is 0.00347. The third-order valence-electron chi connectivity index (χ3n) is 3.93. The summed E-state index contributed by atoms with van der Waals surface area (Å²) in [4.78, 5) is 22.0. The highest BCUT2D eigenvalue weighted by Gasteiger charge is 2.47. The maximum atomic E-state index is 11.8. The molecule has 2 fully saturated rings. The lowest BCUT2D eigenvalue weighted by molar-refractivity contribution is -0.491. The Labute approximate surface area is 82.8 Å². The van der Waals surface area contributed by atoms with Crippen LogP contribution in [-0.4, -0.2) is 17.3 Å². The van der Waals surface area contributed by atoms with Crippen LogP contribution in [0.4, 0.5) is 0 Å². The lowest BCUT2D eigenvalue weighted by Gasteiger charge is -2.30. The van der Waals surface area contributed by atoms with Crippen LogP contribution in [0.15, 0.2) is 0 Å². The second-order valence-electron chi connectivity index (χ2n) is 4.64. The Bertz CT molecular complexity index is 277. The molecule has 2 aliphatic rings. The lowest BCUT2D eigenvalue weighted by Crippen LogP contribution is -2.38. The zero-order chi connectivity index (χ0) is 10.3. The average Bonchev–Trinajstić information content (AvgIpc) is 2.55. The van der Waals surface area contributed by atoms with Crippen LogP contribution in [0.3, 0.4) is 0 Å². The highest BCUT2D eigenvalue weighted by Crippen LogP contribution is 2.46. The summed E-state index contributed by atoms with van der Waals surface area (Å²) in [6.45, 7) is 1.84. The molecule has 2 unspecified atom stereocenters. The Morgan fingerprint density at radius 3 is 2.86 bits per heavy atom. The number of hydrogen-bond acceptors (Lipinski definition) is 3. The van der Waals surface area contributed by atoms with E-state index in [1.165, 1.54) is 0 Å². The summed E-state index contributed by atoms with van der Waals surface area (Å²) in [5.74, 6) is 0.824. The van der Waals surface area contributed by atoms with Crippen LogP contribution in [-0.2, 0) is 4.79 Å². The summed E-state index contributed by atoms with van der Waals surface area (Å²) >= 11 is 0. The fourth-order valence-corrected chi connectivity index (χ4v) is 3.13. The molecule has 4 heteroatoms. The van der Waals surface area contributed by atoms with Crippen molar-refractivity contribution in [1.29, 1.82) is 0 Å². The van der Waals surface area contributed by atoms with Gasteiger partial charge < -0.3 is 0 Å². The fraction of sp³-hybridized carbons (Fsp3) is 0.900. The Kier molecular flexibility index (Phi) is 2.29. The van der Waals surface area contributed by atoms with E-state index >= 15 is 0 Å². The molecular formula is C10H15NO3. The zero-order valence-electron chi connectivity index (χ0n) is 8.31. The molecule has 0 aromatic rings. The number of fused-ring (bicyclic) bond motifs is 2. The molecule has 2 aliphatic carbocycles. The normalized spacial score (nSPS) is 41.4. The number of hydrogen-bond donors (Lipinski definition) is 0. The van der Waals surface area contributed by atoms with Crippen molar-refractivity contribution in [2.24, 2.45) is 23.7 Å². The largest absolute Gasteiger partial charge is 0.299 e. The van der Waals surface area contributed by atoms with Gasteiger partial charge in [0.05, 0.1) is 0 Å². The van der Waals surface area contributed by atoms with E-state index in [0.29, 0.717) is 5.92 Å². The minimum atomic E-state index is -0.271. The molecule has 0 saturated heterocycles. The third-order valence-corrected chi connectivity index (χ3v) is 3.93. The first-order chi connectivity index (χ1) is 6.59. The Morgan fingerprint density at radius 1 is 1.50 bits per heavy atom. The van der Waals surface area contributed by atoms with E-state index in [9.17, 15) is 14.9 Å². The van der Waals surface area contributed by atoms with E-state index in [0.717, 1.165) is 19.3 Å². The second-order valence-corrected chi connectivity index (χ2v) is 4.64. The van der Waals surface area contributed by atoms with Gasteiger partial charge in [-0.15, -0.1) is 0 Å². The number of nitro groups is 1. The van der Waals surface area contributed by atoms with Crippen LogP contribution in [0.5, 0.6) is 0 Å². The highest BCUT2D eigenvalue weighted by molar-refractivity contribution is 5.84. The molecular weight excluding hydrogens is 182 g/mol. The van der Waals surface area contributed by atoms with E-state index in [1.54, 1.807) is 0 Å². The first-order valence-electron chi connectivity index (χ1n) is 5.25. The Balaban J connectivity index is 2.14. The van der Waals surface area contributed by atoms with Crippen LogP contribution in [0.2, 0.25) is 0 Å². The van der Waals surface area contributed by atoms with Crippen molar-refractivity contribution in [3.8, 4) is 0 Å². The summed E-state index contributed by atoms with van der Waals surface area (Å²) in [5.41, 5.74) is 0. The Morgan fingerprint density at radius 2 is 2.21 bits per heavy atom. The van der Waals surface area contributed by atoms with Crippen molar-refractivity contribution >= 4 is 5.78 Å². The topological polar surface area (TPSA) is 60.2 Å². The first-order valence-corrected chi connectivity index (χ1v) is 5.25. The molecule has 4 nitrogen and oxygen atoms in total. The molecule has 0 radical (unpaired) electrons. The van der Waals surface area contributed by atoms with Gasteiger partial charge in [0, 0.05) is 22.7 Å². The highest BCUT2D eigenvalue weighted by atomic mass is 16.6. The summed E-state index contributed by atoms with van der Waals surface area (Å²) in [6, 6.07) is 0. The van der Waals surface area contributed by atoms with Crippen LogP contribution < -0.4 is 0 Å². The predicted molar refractivity (Wildman–Crippen MR) is 50.4 cm³/mol. The van der Waals surface area contributed by atoms with E-state index in [1.807, 2.05) is 6.92 Å². The number of ketones is 1. The molecule has 0 N–H and O–H groups in total. The molecule has 0 spiro atoms. The maximum Gasteiger partial charge on any atom is 0.207 e. The van der Waals surface area contributed by atoms with Crippen LogP contribution in [0.25, 0.3) is 0 Å². The predicted octanol–water partition coefficient (Wildman–Crippen LogP) is 1.51. The van der Waals surface area contributed by atoms with Crippen molar-refractivity contribution in [2.75, 3.05) is 6.54 Å². The molecule has 2 rings (SSSR count). The maximum absolute atomic E-state index is 11.8. The summed E-state index contributed by atoms with van der Waals surface area (Å²) < 4.78 is 0. The number of Topliss-reactive ketones (excluding diaryl/α,β-unsaturated/α-hetero) is 1. The molecule has 2 saturated carbocycles. The summed E-state index contributed by atoms with van der Waals surface area (Å²) in [5, 5.41) is 10.5. The van der Waals surface area contributed by atoms with Crippen molar-refractivity contribution in [3.63, 3.8) is 0 Å². The fourth-order valence-electron chi connectivity index (χ4n) is 3.13. The van der Waals surface area contributed by atoms with Crippen molar-refractivity contribution in [2.45, 2.75) is 26.2 Å². The molecule has 0 heterocycles. The number of nitrogens with zero attached hydrogens (tertiary/aromatic N) is 1. The zero-order valence-corrected chi connectivity index (χ0v) is 8.31. The van der Waals surface area contributed by atoms with E-state index < -0.39 is 0 Å². The molecule has 14 heavy (non-hydrogen) atoms. The smallest absolute Gasteiger partial charge is 0.207 e. The first kappa shape index (κ1) is 9.62. The van der Waals surface area contributed by atoms with E-state index in [2.05, 4.69) is 0 Å². The van der Waals surface area contributed by atoms with E-state index in [-0.39, 0.29) is 35.0 Å². The quantitative estimate of drug-likeness (QED) is 0.498. The van der Waals surface area contributed by atoms with Crippen LogP contribution >= 0.6 is 0 Å². The summed E-state index contributed by atoms with van der Waals surface area (Å²) in [6.07, 6.45) is 2.88. The molecule has 0 aromatic heterocycles. The van der Waals surface area contributed by atoms with Gasteiger partial charge in [0.25, 0.3) is 0 Å². The van der Waals surface area contributed by atoms with Gasteiger partial charge in [-0.1, -0.05) is 6.92 Å². The van der Waals surface area contributed by atoms with Gasteiger partial charge in [0.2, 0.25) is 6.54 Å². The minimum Gasteiger partial charge on any atom is -0.299 e. The molecule has 2 bridgehead atoms.